The van der Waals surface area contributed by atoms with Crippen molar-refractivity contribution in [2.75, 3.05) is 0 Å². The molecule has 2 nitrogen and oxygen atoms in total. The molecule has 1 aliphatic rings. The van der Waals surface area contributed by atoms with Crippen LogP contribution < -0.4 is 0 Å². The molecular weight excluding hydrogens is 110 g/mol. The van der Waals surface area contributed by atoms with E-state index >= 15 is 0 Å². The standard InChI is InChI=1S/C4H5NOS/c6-4-2-1-3-5(4)7/h1,3,7H,2H2. The smallest absolute Gasteiger partial charge is 0.240 e. The number of carbonyl (C=O) groups is 1. The molecule has 1 rings (SSSR count). The molecule has 0 saturated carbocycles. The van der Waals surface area contributed by atoms with E-state index in [-0.39, 0.29) is 5.91 Å². The van der Waals surface area contributed by atoms with Gasteiger partial charge in [-0.1, -0.05) is 18.9 Å². The van der Waals surface area contributed by atoms with Crippen LogP contribution in [0, 0.1) is 0 Å². The van der Waals surface area contributed by atoms with Crippen LogP contribution in [0.1, 0.15) is 6.42 Å². The molecule has 1 amide bonds. The third kappa shape index (κ3) is 0.771. The van der Waals surface area contributed by atoms with Crippen LogP contribution in [0.3, 0.4) is 0 Å². The molecule has 7 heavy (non-hydrogen) atoms. The van der Waals surface area contributed by atoms with E-state index in [1.165, 1.54) is 4.31 Å². The van der Waals surface area contributed by atoms with Gasteiger partial charge in [0.05, 0.1) is 0 Å². The van der Waals surface area contributed by atoms with Crippen molar-refractivity contribution in [2.24, 2.45) is 0 Å². The van der Waals surface area contributed by atoms with E-state index in [2.05, 4.69) is 12.8 Å². The summed E-state index contributed by atoms with van der Waals surface area (Å²) in [5, 5.41) is 0. The number of amides is 1. The number of nitrogens with zero attached hydrogens (tertiary/aromatic N) is 1. The largest absolute Gasteiger partial charge is 0.273 e. The van der Waals surface area contributed by atoms with Crippen molar-refractivity contribution in [3.8, 4) is 0 Å². The van der Waals surface area contributed by atoms with Gasteiger partial charge in [-0.3, -0.25) is 9.10 Å². The second-order valence-electron chi connectivity index (χ2n) is 1.33. The molecule has 0 fully saturated rings. The Morgan fingerprint density at radius 2 is 2.57 bits per heavy atom. The van der Waals surface area contributed by atoms with Crippen molar-refractivity contribution in [2.45, 2.75) is 6.42 Å². The van der Waals surface area contributed by atoms with Gasteiger partial charge in [-0.05, 0) is 0 Å². The molecule has 0 bridgehead atoms. The highest BCUT2D eigenvalue weighted by atomic mass is 32.1. The molecule has 1 aliphatic heterocycles. The molecule has 0 saturated heterocycles. The van der Waals surface area contributed by atoms with Gasteiger partial charge in [-0.25, -0.2) is 0 Å². The van der Waals surface area contributed by atoms with Gasteiger partial charge in [0.1, 0.15) is 0 Å². The van der Waals surface area contributed by atoms with Gasteiger partial charge in [-0.2, -0.15) is 0 Å². The van der Waals surface area contributed by atoms with Crippen LogP contribution in [0.2, 0.25) is 0 Å². The lowest BCUT2D eigenvalue weighted by Gasteiger charge is -1.98. The molecule has 0 aromatic carbocycles. The molecule has 1 heterocycles. The predicted molar refractivity (Wildman–Crippen MR) is 29.6 cm³/mol. The highest BCUT2D eigenvalue weighted by molar-refractivity contribution is 7.78. The maximum atomic E-state index is 10.4. The zero-order chi connectivity index (χ0) is 5.28. The number of rotatable bonds is 0. The second-order valence-corrected chi connectivity index (χ2v) is 1.76. The summed E-state index contributed by atoms with van der Waals surface area (Å²) in [4.78, 5) is 10.4. The molecule has 0 aromatic rings. The van der Waals surface area contributed by atoms with Crippen molar-refractivity contribution >= 4 is 18.7 Å². The van der Waals surface area contributed by atoms with Gasteiger partial charge in [0, 0.05) is 12.6 Å². The highest BCUT2D eigenvalue weighted by Gasteiger charge is 2.08. The summed E-state index contributed by atoms with van der Waals surface area (Å²) in [6.07, 6.45) is 3.92. The maximum absolute atomic E-state index is 10.4. The van der Waals surface area contributed by atoms with Crippen LogP contribution in [0.4, 0.5) is 0 Å². The Morgan fingerprint density at radius 3 is 2.71 bits per heavy atom. The van der Waals surface area contributed by atoms with Gasteiger partial charge in [-0.15, -0.1) is 0 Å². The van der Waals surface area contributed by atoms with Crippen molar-refractivity contribution < 1.29 is 4.79 Å². The Morgan fingerprint density at radius 1 is 1.86 bits per heavy atom. The summed E-state index contributed by atoms with van der Waals surface area (Å²) >= 11 is 3.78. The Labute approximate surface area is 47.4 Å². The molecule has 0 N–H and O–H groups in total. The van der Waals surface area contributed by atoms with Crippen molar-refractivity contribution in [3.05, 3.63) is 12.3 Å². The van der Waals surface area contributed by atoms with Gasteiger partial charge >= 0.3 is 0 Å². The maximum Gasteiger partial charge on any atom is 0.240 e. The molecule has 0 radical (unpaired) electrons. The van der Waals surface area contributed by atoms with Gasteiger partial charge in [0.2, 0.25) is 5.91 Å². The Kier molecular flexibility index (Phi) is 1.06. The van der Waals surface area contributed by atoms with E-state index in [4.69, 9.17) is 0 Å². The third-order valence-corrected chi connectivity index (χ3v) is 1.15. The summed E-state index contributed by atoms with van der Waals surface area (Å²) in [5.41, 5.74) is 0. The minimum atomic E-state index is 0.0448. The second kappa shape index (κ2) is 1.58. The van der Waals surface area contributed by atoms with Gasteiger partial charge < -0.3 is 0 Å². The first-order valence-electron chi connectivity index (χ1n) is 1.98. The van der Waals surface area contributed by atoms with E-state index in [0.29, 0.717) is 6.42 Å². The fourth-order valence-electron chi connectivity index (χ4n) is 0.430. The number of thiol groups is 1. The van der Waals surface area contributed by atoms with Crippen molar-refractivity contribution in [1.29, 1.82) is 0 Å². The van der Waals surface area contributed by atoms with Crippen molar-refractivity contribution in [3.63, 3.8) is 0 Å². The van der Waals surface area contributed by atoms with E-state index in [0.717, 1.165) is 0 Å². The van der Waals surface area contributed by atoms with Crippen molar-refractivity contribution in [1.82, 2.24) is 4.31 Å². The Hall–Kier alpha value is -0.440. The predicted octanol–water partition coefficient (Wildman–Crippen LogP) is 0.577. The van der Waals surface area contributed by atoms with Gasteiger partial charge in [0.25, 0.3) is 0 Å². The number of hydrogen-bond acceptors (Lipinski definition) is 2. The summed E-state index contributed by atoms with van der Waals surface area (Å²) in [6.45, 7) is 0. The quantitative estimate of drug-likeness (QED) is 0.458. The van der Waals surface area contributed by atoms with Crippen LogP contribution in [-0.2, 0) is 4.79 Å². The monoisotopic (exact) mass is 115 g/mol. The van der Waals surface area contributed by atoms with Crippen LogP contribution in [0.25, 0.3) is 0 Å². The molecule has 3 heteroatoms. The van der Waals surface area contributed by atoms with Crippen LogP contribution in [0.15, 0.2) is 12.3 Å². The molecule has 0 spiro atoms. The zero-order valence-electron chi connectivity index (χ0n) is 3.66. The third-order valence-electron chi connectivity index (χ3n) is 0.795. The topological polar surface area (TPSA) is 20.3 Å². The average Bonchev–Trinajstić information content (AvgIpc) is 1.91. The molecular formula is C4H5NOS. The first kappa shape index (κ1) is 4.71. The van der Waals surface area contributed by atoms with E-state index < -0.39 is 0 Å². The summed E-state index contributed by atoms with van der Waals surface area (Å²) in [5.74, 6) is 0.0448. The molecule has 0 unspecified atom stereocenters. The SMILES string of the molecule is O=C1CC=CN1S. The molecule has 38 valence electrons. The minimum Gasteiger partial charge on any atom is -0.273 e. The summed E-state index contributed by atoms with van der Waals surface area (Å²) in [7, 11) is 0. The summed E-state index contributed by atoms with van der Waals surface area (Å²) in [6, 6.07) is 0. The van der Waals surface area contributed by atoms with E-state index in [1.54, 1.807) is 12.3 Å². The lowest BCUT2D eigenvalue weighted by Crippen LogP contribution is -2.07. The van der Waals surface area contributed by atoms with Crippen LogP contribution in [-0.4, -0.2) is 10.2 Å². The molecule has 0 atom stereocenters. The molecule has 0 aliphatic carbocycles. The highest BCUT2D eigenvalue weighted by Crippen LogP contribution is 2.06. The van der Waals surface area contributed by atoms with E-state index in [9.17, 15) is 4.79 Å². The first-order valence-corrected chi connectivity index (χ1v) is 2.38. The van der Waals surface area contributed by atoms with E-state index in [1.807, 2.05) is 0 Å². The Bertz CT molecular complexity index is 121. The fourth-order valence-corrected chi connectivity index (χ4v) is 0.606. The van der Waals surface area contributed by atoms with Crippen LogP contribution in [0.5, 0.6) is 0 Å². The number of hydrogen-bond donors (Lipinski definition) is 1. The lowest BCUT2D eigenvalue weighted by atomic mass is 10.5. The summed E-state index contributed by atoms with van der Waals surface area (Å²) < 4.78 is 1.28. The normalized spacial score (nSPS) is 19.0. The fraction of sp³-hybridized carbons (Fsp3) is 0.250. The average molecular weight is 115 g/mol. The first-order chi connectivity index (χ1) is 3.30. The molecule has 0 aromatic heterocycles. The van der Waals surface area contributed by atoms with Crippen LogP contribution >= 0.6 is 12.8 Å². The minimum absolute atomic E-state index is 0.0448. The van der Waals surface area contributed by atoms with Gasteiger partial charge in [0.15, 0.2) is 0 Å². The number of carbonyl (C=O) groups excluding carboxylic acids is 1. The zero-order valence-corrected chi connectivity index (χ0v) is 4.56. The Balaban J connectivity index is 2.62. The lowest BCUT2D eigenvalue weighted by molar-refractivity contribution is -0.122.